The van der Waals surface area contributed by atoms with Crippen molar-refractivity contribution in [3.8, 4) is 11.5 Å². The van der Waals surface area contributed by atoms with Crippen molar-refractivity contribution in [2.75, 3.05) is 11.1 Å². The lowest BCUT2D eigenvalue weighted by Crippen LogP contribution is -2.14. The van der Waals surface area contributed by atoms with Crippen LogP contribution in [-0.4, -0.2) is 21.9 Å². The van der Waals surface area contributed by atoms with Crippen LogP contribution in [0.25, 0.3) is 11.5 Å². The van der Waals surface area contributed by atoms with Crippen molar-refractivity contribution in [3.05, 3.63) is 57.0 Å². The first-order valence-electron chi connectivity index (χ1n) is 7.30. The van der Waals surface area contributed by atoms with Crippen molar-refractivity contribution >= 4 is 55.2 Å². The Kier molecular flexibility index (Phi) is 5.93. The van der Waals surface area contributed by atoms with E-state index in [-0.39, 0.29) is 11.7 Å². The number of carbonyl (C=O) groups excluding carboxylic acids is 1. The third-order valence-corrected chi connectivity index (χ3v) is 5.68. The lowest BCUT2D eigenvalue weighted by Gasteiger charge is -2.06. The van der Waals surface area contributed by atoms with E-state index in [9.17, 15) is 4.79 Å². The molecule has 0 fully saturated rings. The van der Waals surface area contributed by atoms with E-state index in [1.807, 2.05) is 49.4 Å². The monoisotopic (exact) mass is 481 g/mol. The first kappa shape index (κ1) is 18.2. The predicted molar refractivity (Wildman–Crippen MR) is 106 cm³/mol. The highest BCUT2D eigenvalue weighted by atomic mass is 79.9. The Morgan fingerprint density at radius 1 is 1.16 bits per heavy atom. The largest absolute Gasteiger partial charge is 0.411 e. The van der Waals surface area contributed by atoms with Crippen LogP contribution in [0, 0.1) is 6.92 Å². The number of aryl methyl sites for hydroxylation is 1. The Labute approximate surface area is 165 Å². The SMILES string of the molecule is Cc1cc(NC(=O)CSc2nnc(-c3ccccc3Br)o2)ccc1Br. The highest BCUT2D eigenvalue weighted by Gasteiger charge is 2.13. The molecule has 0 atom stereocenters. The first-order valence-corrected chi connectivity index (χ1v) is 9.87. The van der Waals surface area contributed by atoms with Crippen molar-refractivity contribution in [1.82, 2.24) is 10.2 Å². The summed E-state index contributed by atoms with van der Waals surface area (Å²) < 4.78 is 7.49. The van der Waals surface area contributed by atoms with E-state index in [0.29, 0.717) is 11.1 Å². The number of hydrogen-bond donors (Lipinski definition) is 1. The molecule has 5 nitrogen and oxygen atoms in total. The maximum atomic E-state index is 12.1. The zero-order chi connectivity index (χ0) is 17.8. The summed E-state index contributed by atoms with van der Waals surface area (Å²) in [7, 11) is 0. The minimum Gasteiger partial charge on any atom is -0.411 e. The van der Waals surface area contributed by atoms with Crippen LogP contribution in [0.5, 0.6) is 0 Å². The molecule has 3 aromatic rings. The van der Waals surface area contributed by atoms with Crippen LogP contribution < -0.4 is 5.32 Å². The Balaban J connectivity index is 1.59. The fraction of sp³-hybridized carbons (Fsp3) is 0.118. The Morgan fingerprint density at radius 2 is 1.96 bits per heavy atom. The molecule has 0 saturated heterocycles. The molecule has 0 radical (unpaired) electrons. The van der Waals surface area contributed by atoms with Crippen LogP contribution in [0.4, 0.5) is 5.69 Å². The van der Waals surface area contributed by atoms with Gasteiger partial charge in [0.05, 0.1) is 11.3 Å². The van der Waals surface area contributed by atoms with Crippen molar-refractivity contribution in [1.29, 1.82) is 0 Å². The van der Waals surface area contributed by atoms with E-state index in [0.717, 1.165) is 25.8 Å². The average Bonchev–Trinajstić information content (AvgIpc) is 3.05. The number of benzene rings is 2. The zero-order valence-electron chi connectivity index (χ0n) is 13.1. The first-order chi connectivity index (χ1) is 12.0. The summed E-state index contributed by atoms with van der Waals surface area (Å²) in [4.78, 5) is 12.1. The molecule has 1 N–H and O–H groups in total. The molecule has 0 unspecified atom stereocenters. The van der Waals surface area contributed by atoms with Gasteiger partial charge in [0, 0.05) is 14.6 Å². The fourth-order valence-electron chi connectivity index (χ4n) is 2.06. The molecular weight excluding hydrogens is 470 g/mol. The number of aromatic nitrogens is 2. The Hall–Kier alpha value is -1.64. The molecule has 3 rings (SSSR count). The van der Waals surface area contributed by atoms with E-state index < -0.39 is 0 Å². The zero-order valence-corrected chi connectivity index (χ0v) is 17.1. The lowest BCUT2D eigenvalue weighted by atomic mass is 10.2. The van der Waals surface area contributed by atoms with E-state index in [4.69, 9.17) is 4.42 Å². The van der Waals surface area contributed by atoms with Crippen LogP contribution in [0.1, 0.15) is 5.56 Å². The van der Waals surface area contributed by atoms with Crippen LogP contribution in [0.15, 0.2) is 61.0 Å². The molecule has 0 bridgehead atoms. The third-order valence-electron chi connectivity index (χ3n) is 3.28. The van der Waals surface area contributed by atoms with E-state index in [1.165, 1.54) is 11.8 Å². The third kappa shape index (κ3) is 4.71. The van der Waals surface area contributed by atoms with E-state index in [1.54, 1.807) is 0 Å². The van der Waals surface area contributed by atoms with Gasteiger partial charge in [0.25, 0.3) is 5.22 Å². The minimum atomic E-state index is -0.132. The topological polar surface area (TPSA) is 68.0 Å². The number of anilines is 1. The van der Waals surface area contributed by atoms with E-state index in [2.05, 4.69) is 47.4 Å². The van der Waals surface area contributed by atoms with E-state index >= 15 is 0 Å². The van der Waals surface area contributed by atoms with Gasteiger partial charge in [-0.2, -0.15) is 0 Å². The molecule has 25 heavy (non-hydrogen) atoms. The molecule has 0 aliphatic heterocycles. The van der Waals surface area contributed by atoms with Crippen molar-refractivity contribution in [3.63, 3.8) is 0 Å². The number of thioether (sulfide) groups is 1. The maximum Gasteiger partial charge on any atom is 0.277 e. The number of halogens is 2. The Morgan fingerprint density at radius 3 is 2.72 bits per heavy atom. The lowest BCUT2D eigenvalue weighted by molar-refractivity contribution is -0.113. The molecular formula is C17H13Br2N3O2S. The van der Waals surface area contributed by atoms with Gasteiger partial charge >= 0.3 is 0 Å². The number of nitrogens with zero attached hydrogens (tertiary/aromatic N) is 2. The standard InChI is InChI=1S/C17H13Br2N3O2S/c1-10-8-11(6-7-13(10)18)20-15(23)9-25-17-22-21-16(24-17)12-4-2-3-5-14(12)19/h2-8H,9H2,1H3,(H,20,23). The smallest absolute Gasteiger partial charge is 0.277 e. The van der Waals surface area contributed by atoms with Crippen molar-refractivity contribution in [2.24, 2.45) is 0 Å². The van der Waals surface area contributed by atoms with Crippen LogP contribution >= 0.6 is 43.6 Å². The molecule has 8 heteroatoms. The number of amides is 1. The van der Waals surface area contributed by atoms with Crippen molar-refractivity contribution < 1.29 is 9.21 Å². The van der Waals surface area contributed by atoms with Crippen LogP contribution in [0.2, 0.25) is 0 Å². The van der Waals surface area contributed by atoms with Gasteiger partial charge in [-0.1, -0.05) is 39.8 Å². The molecule has 2 aromatic carbocycles. The summed E-state index contributed by atoms with van der Waals surface area (Å²) >= 11 is 8.09. The molecule has 1 amide bonds. The molecule has 0 saturated carbocycles. The summed E-state index contributed by atoms with van der Waals surface area (Å²) in [5, 5.41) is 11.2. The second-order valence-corrected chi connectivity index (χ2v) is 7.79. The summed E-state index contributed by atoms with van der Waals surface area (Å²) in [5.74, 6) is 0.471. The molecule has 1 aromatic heterocycles. The Bertz CT molecular complexity index is 914. The normalized spacial score (nSPS) is 10.7. The predicted octanol–water partition coefficient (Wildman–Crippen LogP) is 5.30. The summed E-state index contributed by atoms with van der Waals surface area (Å²) in [6.45, 7) is 1.97. The second-order valence-electron chi connectivity index (χ2n) is 5.15. The van der Waals surface area contributed by atoms with Gasteiger partial charge in [0.15, 0.2) is 0 Å². The molecule has 0 spiro atoms. The van der Waals surface area contributed by atoms with Gasteiger partial charge in [0.1, 0.15) is 0 Å². The minimum absolute atomic E-state index is 0.132. The van der Waals surface area contributed by atoms with Gasteiger partial charge in [0.2, 0.25) is 11.8 Å². The van der Waals surface area contributed by atoms with Gasteiger partial charge in [-0.3, -0.25) is 4.79 Å². The number of nitrogens with one attached hydrogen (secondary N) is 1. The number of rotatable bonds is 5. The molecule has 128 valence electrons. The fourth-order valence-corrected chi connectivity index (χ4v) is 3.32. The second kappa shape index (κ2) is 8.16. The van der Waals surface area contributed by atoms with Crippen molar-refractivity contribution in [2.45, 2.75) is 12.1 Å². The van der Waals surface area contributed by atoms with Gasteiger partial charge in [-0.05, 0) is 58.7 Å². The van der Waals surface area contributed by atoms with Crippen LogP contribution in [0.3, 0.4) is 0 Å². The highest BCUT2D eigenvalue weighted by molar-refractivity contribution is 9.10. The number of hydrogen-bond acceptors (Lipinski definition) is 5. The average molecular weight is 483 g/mol. The summed E-state index contributed by atoms with van der Waals surface area (Å²) in [6.07, 6.45) is 0. The van der Waals surface area contributed by atoms with Gasteiger partial charge in [-0.25, -0.2) is 0 Å². The molecule has 0 aliphatic rings. The highest BCUT2D eigenvalue weighted by Crippen LogP contribution is 2.29. The van der Waals surface area contributed by atoms with Crippen LogP contribution in [-0.2, 0) is 4.79 Å². The molecule has 0 aliphatic carbocycles. The summed E-state index contributed by atoms with van der Waals surface area (Å²) in [5.41, 5.74) is 2.63. The summed E-state index contributed by atoms with van der Waals surface area (Å²) in [6, 6.07) is 13.2. The molecule has 1 heterocycles. The maximum absolute atomic E-state index is 12.1. The quantitative estimate of drug-likeness (QED) is 0.499. The van der Waals surface area contributed by atoms with Gasteiger partial charge in [-0.15, -0.1) is 10.2 Å². The number of carbonyl (C=O) groups is 1. The van der Waals surface area contributed by atoms with Gasteiger partial charge < -0.3 is 9.73 Å².